The highest BCUT2D eigenvalue weighted by Crippen LogP contribution is 2.22. The maximum atomic E-state index is 5.90. The molecule has 20 heavy (non-hydrogen) atoms. The third-order valence-corrected chi connectivity index (χ3v) is 3.19. The lowest BCUT2D eigenvalue weighted by molar-refractivity contribution is 0.414. The number of nitrogens with zero attached hydrogens (tertiary/aromatic N) is 3. The topological polar surface area (TPSA) is 64.3 Å². The molecular weight excluding hydrogens is 252 g/mol. The third kappa shape index (κ3) is 2.99. The number of nitrogen functional groups attached to an aromatic ring is 1. The second kappa shape index (κ2) is 5.77. The van der Waals surface area contributed by atoms with Crippen molar-refractivity contribution in [2.24, 2.45) is 0 Å². The zero-order chi connectivity index (χ0) is 14.7. The van der Waals surface area contributed by atoms with Gasteiger partial charge in [0.2, 0.25) is 0 Å². The fraction of sp³-hybridized carbons (Fsp3) is 0.333. The standard InChI is InChI=1S/C15H20N4O/c1-10-14(16)17-11(2)18-15(10)19(3)9-12-6-5-7-13(8-12)20-4/h5-8H,9H2,1-4H3,(H2,16,17,18). The maximum absolute atomic E-state index is 5.90. The van der Waals surface area contributed by atoms with Crippen molar-refractivity contribution in [3.05, 3.63) is 41.2 Å². The Morgan fingerprint density at radius 1 is 1.25 bits per heavy atom. The minimum Gasteiger partial charge on any atom is -0.497 e. The predicted molar refractivity (Wildman–Crippen MR) is 81.0 cm³/mol. The van der Waals surface area contributed by atoms with Crippen molar-refractivity contribution >= 4 is 11.6 Å². The summed E-state index contributed by atoms with van der Waals surface area (Å²) in [7, 11) is 3.66. The van der Waals surface area contributed by atoms with Crippen LogP contribution in [0.2, 0.25) is 0 Å². The molecule has 0 bridgehead atoms. The molecule has 2 aromatic rings. The lowest BCUT2D eigenvalue weighted by atomic mass is 10.2. The summed E-state index contributed by atoms with van der Waals surface area (Å²) in [6.45, 7) is 4.51. The van der Waals surface area contributed by atoms with Crippen LogP contribution < -0.4 is 15.4 Å². The van der Waals surface area contributed by atoms with Gasteiger partial charge in [-0.3, -0.25) is 0 Å². The van der Waals surface area contributed by atoms with Gasteiger partial charge in [-0.2, -0.15) is 0 Å². The van der Waals surface area contributed by atoms with Crippen molar-refractivity contribution in [2.75, 3.05) is 24.8 Å². The number of rotatable bonds is 4. The Kier molecular flexibility index (Phi) is 4.08. The monoisotopic (exact) mass is 272 g/mol. The summed E-state index contributed by atoms with van der Waals surface area (Å²) >= 11 is 0. The van der Waals surface area contributed by atoms with Crippen LogP contribution in [0, 0.1) is 13.8 Å². The van der Waals surface area contributed by atoms with Crippen molar-refractivity contribution in [1.82, 2.24) is 9.97 Å². The van der Waals surface area contributed by atoms with E-state index in [2.05, 4.69) is 20.9 Å². The van der Waals surface area contributed by atoms with E-state index in [1.807, 2.05) is 39.1 Å². The molecule has 0 unspecified atom stereocenters. The molecule has 0 fully saturated rings. The van der Waals surface area contributed by atoms with Gasteiger partial charge in [-0.05, 0) is 31.5 Å². The quantitative estimate of drug-likeness (QED) is 0.925. The van der Waals surface area contributed by atoms with Gasteiger partial charge >= 0.3 is 0 Å². The van der Waals surface area contributed by atoms with E-state index < -0.39 is 0 Å². The Labute approximate surface area is 119 Å². The molecule has 0 radical (unpaired) electrons. The molecule has 0 saturated heterocycles. The van der Waals surface area contributed by atoms with Crippen LogP contribution in [0.1, 0.15) is 17.0 Å². The highest BCUT2D eigenvalue weighted by atomic mass is 16.5. The molecule has 5 heteroatoms. The average Bonchev–Trinajstić information content (AvgIpc) is 2.43. The first-order valence-electron chi connectivity index (χ1n) is 6.46. The summed E-state index contributed by atoms with van der Waals surface area (Å²) in [5, 5.41) is 0. The van der Waals surface area contributed by atoms with Gasteiger partial charge in [0.25, 0.3) is 0 Å². The average molecular weight is 272 g/mol. The van der Waals surface area contributed by atoms with Crippen molar-refractivity contribution in [3.8, 4) is 5.75 Å². The van der Waals surface area contributed by atoms with Crippen molar-refractivity contribution in [2.45, 2.75) is 20.4 Å². The van der Waals surface area contributed by atoms with E-state index in [9.17, 15) is 0 Å². The number of aromatic nitrogens is 2. The van der Waals surface area contributed by atoms with Crippen LogP contribution in [0.15, 0.2) is 24.3 Å². The number of hydrogen-bond acceptors (Lipinski definition) is 5. The molecule has 2 N–H and O–H groups in total. The molecule has 5 nitrogen and oxygen atoms in total. The summed E-state index contributed by atoms with van der Waals surface area (Å²) in [5.41, 5.74) is 7.96. The van der Waals surface area contributed by atoms with Crippen LogP contribution in [0.5, 0.6) is 5.75 Å². The van der Waals surface area contributed by atoms with E-state index in [0.29, 0.717) is 11.6 Å². The van der Waals surface area contributed by atoms with Gasteiger partial charge < -0.3 is 15.4 Å². The second-order valence-electron chi connectivity index (χ2n) is 4.81. The normalized spacial score (nSPS) is 10.4. The molecular formula is C15H20N4O. The van der Waals surface area contributed by atoms with Crippen LogP contribution in [-0.4, -0.2) is 24.1 Å². The molecule has 0 aliphatic carbocycles. The highest BCUT2D eigenvalue weighted by molar-refractivity contribution is 5.56. The van der Waals surface area contributed by atoms with Crippen LogP contribution in [-0.2, 0) is 6.54 Å². The number of ether oxygens (including phenoxy) is 1. The Hall–Kier alpha value is -2.30. The molecule has 0 aliphatic rings. The minimum atomic E-state index is 0.532. The Morgan fingerprint density at radius 2 is 2.00 bits per heavy atom. The number of anilines is 2. The van der Waals surface area contributed by atoms with Crippen LogP contribution >= 0.6 is 0 Å². The van der Waals surface area contributed by atoms with Crippen molar-refractivity contribution < 1.29 is 4.74 Å². The Bertz CT molecular complexity index is 613. The fourth-order valence-electron chi connectivity index (χ4n) is 2.13. The lowest BCUT2D eigenvalue weighted by Crippen LogP contribution is -2.20. The number of hydrogen-bond donors (Lipinski definition) is 1. The summed E-state index contributed by atoms with van der Waals surface area (Å²) in [6, 6.07) is 7.99. The minimum absolute atomic E-state index is 0.532. The van der Waals surface area contributed by atoms with Gasteiger partial charge in [-0.1, -0.05) is 12.1 Å². The van der Waals surface area contributed by atoms with E-state index in [1.54, 1.807) is 7.11 Å². The number of nitrogens with two attached hydrogens (primary N) is 1. The molecule has 1 heterocycles. The molecule has 0 amide bonds. The van der Waals surface area contributed by atoms with Gasteiger partial charge in [0.05, 0.1) is 7.11 Å². The van der Waals surface area contributed by atoms with E-state index in [1.165, 1.54) is 0 Å². The maximum Gasteiger partial charge on any atom is 0.137 e. The van der Waals surface area contributed by atoms with Gasteiger partial charge in [0.1, 0.15) is 23.2 Å². The van der Waals surface area contributed by atoms with Gasteiger partial charge in [-0.15, -0.1) is 0 Å². The van der Waals surface area contributed by atoms with Crippen molar-refractivity contribution in [1.29, 1.82) is 0 Å². The number of methoxy groups -OCH3 is 1. The summed E-state index contributed by atoms with van der Waals surface area (Å²) in [4.78, 5) is 10.7. The first kappa shape index (κ1) is 14.1. The molecule has 0 spiro atoms. The largest absolute Gasteiger partial charge is 0.497 e. The van der Waals surface area contributed by atoms with E-state index >= 15 is 0 Å². The summed E-state index contributed by atoms with van der Waals surface area (Å²) < 4.78 is 5.24. The van der Waals surface area contributed by atoms with Crippen LogP contribution in [0.4, 0.5) is 11.6 Å². The number of benzene rings is 1. The Balaban J connectivity index is 2.25. The molecule has 2 rings (SSSR count). The van der Waals surface area contributed by atoms with E-state index in [-0.39, 0.29) is 0 Å². The SMILES string of the molecule is COc1cccc(CN(C)c2nc(C)nc(N)c2C)c1. The van der Waals surface area contributed by atoms with Crippen LogP contribution in [0.25, 0.3) is 0 Å². The third-order valence-electron chi connectivity index (χ3n) is 3.19. The summed E-state index contributed by atoms with van der Waals surface area (Å²) in [6.07, 6.45) is 0. The van der Waals surface area contributed by atoms with Gasteiger partial charge in [0, 0.05) is 19.2 Å². The van der Waals surface area contributed by atoms with E-state index in [4.69, 9.17) is 10.5 Å². The Morgan fingerprint density at radius 3 is 2.70 bits per heavy atom. The van der Waals surface area contributed by atoms with Gasteiger partial charge in [-0.25, -0.2) is 9.97 Å². The lowest BCUT2D eigenvalue weighted by Gasteiger charge is -2.21. The number of aryl methyl sites for hydroxylation is 1. The first-order chi connectivity index (χ1) is 9.51. The zero-order valence-electron chi connectivity index (χ0n) is 12.3. The van der Waals surface area contributed by atoms with Gasteiger partial charge in [0.15, 0.2) is 0 Å². The highest BCUT2D eigenvalue weighted by Gasteiger charge is 2.11. The zero-order valence-corrected chi connectivity index (χ0v) is 12.3. The summed E-state index contributed by atoms with van der Waals surface area (Å²) in [5.74, 6) is 2.93. The predicted octanol–water partition coefficient (Wildman–Crippen LogP) is 2.32. The molecule has 0 saturated carbocycles. The molecule has 1 aromatic carbocycles. The molecule has 0 aliphatic heterocycles. The molecule has 106 valence electrons. The van der Waals surface area contributed by atoms with Crippen LogP contribution in [0.3, 0.4) is 0 Å². The van der Waals surface area contributed by atoms with E-state index in [0.717, 1.165) is 29.2 Å². The second-order valence-corrected chi connectivity index (χ2v) is 4.81. The molecule has 0 atom stereocenters. The smallest absolute Gasteiger partial charge is 0.137 e. The first-order valence-corrected chi connectivity index (χ1v) is 6.46. The van der Waals surface area contributed by atoms with Crippen molar-refractivity contribution in [3.63, 3.8) is 0 Å². The fourth-order valence-corrected chi connectivity index (χ4v) is 2.13. The molecule has 1 aromatic heterocycles.